The summed E-state index contributed by atoms with van der Waals surface area (Å²) in [5.41, 5.74) is 5.38. The van der Waals surface area contributed by atoms with Crippen molar-refractivity contribution in [1.29, 1.82) is 0 Å². The van der Waals surface area contributed by atoms with Crippen molar-refractivity contribution >= 4 is 0 Å². The highest BCUT2D eigenvalue weighted by Gasteiger charge is 2.13. The number of likely N-dealkylation sites (N-methyl/N-ethyl adjacent to an activating group) is 1. The summed E-state index contributed by atoms with van der Waals surface area (Å²) in [7, 11) is 0. The Morgan fingerprint density at radius 1 is 1.15 bits per heavy atom. The van der Waals surface area contributed by atoms with Crippen LogP contribution in [0, 0.1) is 0 Å². The molecule has 0 spiro atoms. The van der Waals surface area contributed by atoms with Crippen LogP contribution in [0.2, 0.25) is 0 Å². The molecule has 2 heteroatoms. The van der Waals surface area contributed by atoms with Gasteiger partial charge in [-0.3, -0.25) is 0 Å². The van der Waals surface area contributed by atoms with Crippen molar-refractivity contribution in [2.24, 2.45) is 0 Å². The van der Waals surface area contributed by atoms with E-state index in [0.717, 1.165) is 42.9 Å². The van der Waals surface area contributed by atoms with Crippen molar-refractivity contribution in [1.82, 2.24) is 10.2 Å². The molecule has 0 aliphatic heterocycles. The first kappa shape index (κ1) is 22.3. The van der Waals surface area contributed by atoms with Crippen LogP contribution in [0.5, 0.6) is 0 Å². The van der Waals surface area contributed by atoms with Gasteiger partial charge in [-0.1, -0.05) is 86.9 Å². The fourth-order valence-electron chi connectivity index (χ4n) is 2.69. The number of nitrogens with one attached hydrogen (secondary N) is 1. The van der Waals surface area contributed by atoms with Gasteiger partial charge >= 0.3 is 0 Å². The smallest absolute Gasteiger partial charge is 0.0429 e. The molecular formula is C25H34N2. The van der Waals surface area contributed by atoms with E-state index in [1.807, 2.05) is 6.07 Å². The van der Waals surface area contributed by atoms with E-state index in [9.17, 15) is 0 Å². The maximum atomic E-state index is 4.37. The maximum absolute atomic E-state index is 4.37. The van der Waals surface area contributed by atoms with Crippen LogP contribution < -0.4 is 5.32 Å². The highest BCUT2D eigenvalue weighted by Crippen LogP contribution is 2.23. The number of rotatable bonds is 12. The fraction of sp³-hybridized carbons (Fsp3) is 0.280. The quantitative estimate of drug-likeness (QED) is 0.427. The number of hydrogen-bond donors (Lipinski definition) is 1. The molecule has 0 fully saturated rings. The number of hydrogen-bond acceptors (Lipinski definition) is 2. The van der Waals surface area contributed by atoms with Crippen molar-refractivity contribution in [3.8, 4) is 0 Å². The van der Waals surface area contributed by atoms with E-state index in [0.29, 0.717) is 0 Å². The molecule has 0 saturated heterocycles. The summed E-state index contributed by atoms with van der Waals surface area (Å²) in [6.07, 6.45) is 12.2. The zero-order valence-corrected chi connectivity index (χ0v) is 17.2. The molecule has 0 unspecified atom stereocenters. The molecule has 0 atom stereocenters. The predicted octanol–water partition coefficient (Wildman–Crippen LogP) is 6.50. The van der Waals surface area contributed by atoms with Gasteiger partial charge in [0.05, 0.1) is 0 Å². The van der Waals surface area contributed by atoms with E-state index in [-0.39, 0.29) is 0 Å². The fourth-order valence-corrected chi connectivity index (χ4v) is 2.69. The van der Waals surface area contributed by atoms with Gasteiger partial charge in [-0.2, -0.15) is 0 Å². The molecule has 1 aromatic rings. The Balaban J connectivity index is 3.02. The summed E-state index contributed by atoms with van der Waals surface area (Å²) in [6.45, 7) is 20.4. The van der Waals surface area contributed by atoms with E-state index < -0.39 is 0 Å². The van der Waals surface area contributed by atoms with Gasteiger partial charge in [0.2, 0.25) is 0 Å². The molecule has 27 heavy (non-hydrogen) atoms. The minimum atomic E-state index is 0.818. The molecule has 1 rings (SSSR count). The minimum Gasteiger partial charge on any atom is -0.367 e. The Morgan fingerprint density at radius 3 is 2.44 bits per heavy atom. The third kappa shape index (κ3) is 8.00. The van der Waals surface area contributed by atoms with E-state index in [4.69, 9.17) is 0 Å². The summed E-state index contributed by atoms with van der Waals surface area (Å²) >= 11 is 0. The second-order valence-electron chi connectivity index (χ2n) is 6.44. The summed E-state index contributed by atoms with van der Waals surface area (Å²) < 4.78 is 0. The van der Waals surface area contributed by atoms with Crippen LogP contribution >= 0.6 is 0 Å². The lowest BCUT2D eigenvalue weighted by atomic mass is 10.0. The van der Waals surface area contributed by atoms with Gasteiger partial charge in [0, 0.05) is 30.1 Å². The lowest BCUT2D eigenvalue weighted by Gasteiger charge is -2.28. The first-order chi connectivity index (χ1) is 13.0. The Hall–Kier alpha value is -2.74. The number of benzene rings is 1. The molecule has 0 aliphatic rings. The molecule has 0 aliphatic carbocycles. The molecule has 0 saturated carbocycles. The molecular weight excluding hydrogens is 328 g/mol. The van der Waals surface area contributed by atoms with Crippen LogP contribution in [0.15, 0.2) is 103 Å². The van der Waals surface area contributed by atoms with E-state index >= 15 is 0 Å². The van der Waals surface area contributed by atoms with Crippen LogP contribution in [-0.2, 0) is 6.54 Å². The molecule has 0 amide bonds. The highest BCUT2D eigenvalue weighted by atomic mass is 15.1. The lowest BCUT2D eigenvalue weighted by molar-refractivity contribution is 0.363. The van der Waals surface area contributed by atoms with Crippen molar-refractivity contribution < 1.29 is 0 Å². The zero-order valence-electron chi connectivity index (χ0n) is 17.2. The van der Waals surface area contributed by atoms with Gasteiger partial charge in [0.1, 0.15) is 0 Å². The van der Waals surface area contributed by atoms with Gasteiger partial charge in [0.25, 0.3) is 0 Å². The van der Waals surface area contributed by atoms with E-state index in [2.05, 4.69) is 99.3 Å². The second kappa shape index (κ2) is 12.6. The Bertz CT molecular complexity index is 705. The Kier molecular flexibility index (Phi) is 10.4. The average Bonchev–Trinajstić information content (AvgIpc) is 2.67. The Labute approximate surface area is 166 Å². The van der Waals surface area contributed by atoms with E-state index in [1.165, 1.54) is 11.1 Å². The second-order valence-corrected chi connectivity index (χ2v) is 6.44. The predicted molar refractivity (Wildman–Crippen MR) is 120 cm³/mol. The van der Waals surface area contributed by atoms with Crippen molar-refractivity contribution in [2.75, 3.05) is 6.54 Å². The summed E-state index contributed by atoms with van der Waals surface area (Å²) in [6, 6.07) is 10.5. The molecule has 0 heterocycles. The number of allylic oxidation sites excluding steroid dienone is 5. The van der Waals surface area contributed by atoms with Gasteiger partial charge in [-0.15, -0.1) is 0 Å². The van der Waals surface area contributed by atoms with Crippen LogP contribution in [0.1, 0.15) is 39.2 Å². The van der Waals surface area contributed by atoms with E-state index in [1.54, 1.807) is 6.20 Å². The van der Waals surface area contributed by atoms with Gasteiger partial charge in [-0.05, 0) is 38.5 Å². The van der Waals surface area contributed by atoms with Crippen LogP contribution in [0.25, 0.3) is 0 Å². The average molecular weight is 363 g/mol. The maximum Gasteiger partial charge on any atom is 0.0429 e. The first-order valence-electron chi connectivity index (χ1n) is 9.60. The zero-order chi connectivity index (χ0) is 20.1. The van der Waals surface area contributed by atoms with Crippen LogP contribution in [-0.4, -0.2) is 11.4 Å². The normalized spacial score (nSPS) is 12.1. The van der Waals surface area contributed by atoms with Crippen LogP contribution in [0.3, 0.4) is 0 Å². The summed E-state index contributed by atoms with van der Waals surface area (Å²) in [4.78, 5) is 2.27. The number of nitrogens with zero attached hydrogens (tertiary/aromatic N) is 1. The lowest BCUT2D eigenvalue weighted by Crippen LogP contribution is -2.24. The summed E-state index contributed by atoms with van der Waals surface area (Å²) in [5, 5.41) is 3.13. The van der Waals surface area contributed by atoms with Gasteiger partial charge in [-0.25, -0.2) is 0 Å². The molecule has 144 valence electrons. The largest absolute Gasteiger partial charge is 0.367 e. The molecule has 0 radical (unpaired) electrons. The third-order valence-corrected chi connectivity index (χ3v) is 4.27. The summed E-state index contributed by atoms with van der Waals surface area (Å²) in [5.74, 6) is 0. The minimum absolute atomic E-state index is 0.818. The standard InChI is InChI=1S/C25H34N2/c1-7-10-12-15-21(4)18-19-25(22(5)26-8-2)23(6)27(9-3)20-24-16-13-11-14-17-24/h8,10-17,19,26H,2,5-7,9,18,20H2,1,3-4H3/b12-10-,21-15-,25-19+. The van der Waals surface area contributed by atoms with Crippen molar-refractivity contribution in [3.05, 3.63) is 109 Å². The molecule has 1 aromatic carbocycles. The van der Waals surface area contributed by atoms with Gasteiger partial charge in [0.15, 0.2) is 0 Å². The first-order valence-corrected chi connectivity index (χ1v) is 9.60. The topological polar surface area (TPSA) is 15.3 Å². The molecule has 0 bridgehead atoms. The van der Waals surface area contributed by atoms with Gasteiger partial charge < -0.3 is 10.2 Å². The Morgan fingerprint density at radius 2 is 1.85 bits per heavy atom. The molecule has 2 nitrogen and oxygen atoms in total. The van der Waals surface area contributed by atoms with Crippen molar-refractivity contribution in [3.63, 3.8) is 0 Å². The highest BCUT2D eigenvalue weighted by molar-refractivity contribution is 5.44. The molecule has 1 N–H and O–H groups in total. The monoisotopic (exact) mass is 362 g/mol. The van der Waals surface area contributed by atoms with Crippen molar-refractivity contribution in [2.45, 2.75) is 40.2 Å². The SMILES string of the molecule is C=CNC(=C)/C(=C\C/C(C)=C\C=C/CC)C(=C)N(CC)Cc1ccccc1. The molecule has 0 aromatic heterocycles. The third-order valence-electron chi connectivity index (χ3n) is 4.27. The van der Waals surface area contributed by atoms with Crippen LogP contribution in [0.4, 0.5) is 0 Å².